The Morgan fingerprint density at radius 2 is 1.64 bits per heavy atom. The highest BCUT2D eigenvalue weighted by Gasteiger charge is 2.25. The van der Waals surface area contributed by atoms with Crippen LogP contribution < -0.4 is 10.2 Å². The van der Waals surface area contributed by atoms with Crippen molar-refractivity contribution in [3.63, 3.8) is 0 Å². The van der Waals surface area contributed by atoms with Crippen LogP contribution in [0.15, 0.2) is 36.4 Å². The molecular weight excluding hydrogens is 292 g/mol. The molecular formula is C14H12N2O6. The standard InChI is InChI=1S/C14H12N2O6/c1-15-14(20)22-8-21-13(19)9-2-4-10(5-3-9)16-11(17)6-7-12(16)18/h2-7H,8H2,1H3,(H,15,20). The van der Waals surface area contributed by atoms with E-state index in [1.54, 1.807) is 0 Å². The number of nitrogens with zero attached hydrogens (tertiary/aromatic N) is 1. The molecule has 0 spiro atoms. The molecule has 2 rings (SSSR count). The van der Waals surface area contributed by atoms with Crippen LogP contribution in [0.4, 0.5) is 10.5 Å². The molecule has 1 aromatic rings. The number of amides is 3. The summed E-state index contributed by atoms with van der Waals surface area (Å²) in [5, 5.41) is 2.20. The molecule has 8 heteroatoms. The van der Waals surface area contributed by atoms with E-state index in [9.17, 15) is 19.2 Å². The molecule has 0 fully saturated rings. The van der Waals surface area contributed by atoms with Crippen molar-refractivity contribution in [2.45, 2.75) is 0 Å². The van der Waals surface area contributed by atoms with Gasteiger partial charge in [0, 0.05) is 19.2 Å². The predicted octanol–water partition coefficient (Wildman–Crippen LogP) is 0.586. The molecule has 8 nitrogen and oxygen atoms in total. The third-order valence-electron chi connectivity index (χ3n) is 2.75. The minimum absolute atomic E-state index is 0.191. The fourth-order valence-corrected chi connectivity index (χ4v) is 1.69. The zero-order valence-electron chi connectivity index (χ0n) is 11.6. The number of carbonyl (C=O) groups is 4. The van der Waals surface area contributed by atoms with E-state index in [1.165, 1.54) is 43.5 Å². The number of ether oxygens (including phenoxy) is 2. The molecule has 3 amide bonds. The van der Waals surface area contributed by atoms with Gasteiger partial charge in [-0.3, -0.25) is 9.59 Å². The molecule has 0 saturated heterocycles. The molecule has 1 heterocycles. The average Bonchev–Trinajstić information content (AvgIpc) is 2.86. The summed E-state index contributed by atoms with van der Waals surface area (Å²) in [4.78, 5) is 46.5. The summed E-state index contributed by atoms with van der Waals surface area (Å²) in [6, 6.07) is 5.69. The van der Waals surface area contributed by atoms with Crippen molar-refractivity contribution in [3.8, 4) is 0 Å². The van der Waals surface area contributed by atoms with E-state index in [0.717, 1.165) is 4.90 Å². The lowest BCUT2D eigenvalue weighted by Crippen LogP contribution is -2.29. The second kappa shape index (κ2) is 6.53. The zero-order valence-corrected chi connectivity index (χ0v) is 11.6. The van der Waals surface area contributed by atoms with Crippen LogP contribution in [0.2, 0.25) is 0 Å². The second-order valence-electron chi connectivity index (χ2n) is 4.12. The van der Waals surface area contributed by atoms with Crippen LogP contribution in [0.5, 0.6) is 0 Å². The third kappa shape index (κ3) is 3.29. The smallest absolute Gasteiger partial charge is 0.409 e. The van der Waals surface area contributed by atoms with Crippen molar-refractivity contribution in [2.24, 2.45) is 0 Å². The van der Waals surface area contributed by atoms with Gasteiger partial charge in [-0.05, 0) is 24.3 Å². The summed E-state index contributed by atoms with van der Waals surface area (Å²) in [5.41, 5.74) is 0.537. The molecule has 0 radical (unpaired) electrons. The molecule has 1 N–H and O–H groups in total. The van der Waals surface area contributed by atoms with Gasteiger partial charge in [0.1, 0.15) is 0 Å². The van der Waals surface area contributed by atoms with E-state index in [-0.39, 0.29) is 5.56 Å². The van der Waals surface area contributed by atoms with Crippen LogP contribution >= 0.6 is 0 Å². The average molecular weight is 304 g/mol. The number of hydrogen-bond acceptors (Lipinski definition) is 6. The second-order valence-corrected chi connectivity index (χ2v) is 4.12. The van der Waals surface area contributed by atoms with Crippen LogP contribution in [0.25, 0.3) is 0 Å². The maximum absolute atomic E-state index is 11.7. The van der Waals surface area contributed by atoms with Crippen LogP contribution in [-0.2, 0) is 19.1 Å². The number of rotatable bonds is 4. The minimum Gasteiger partial charge on any atom is -0.424 e. The van der Waals surface area contributed by atoms with Crippen molar-refractivity contribution in [2.75, 3.05) is 18.7 Å². The maximum atomic E-state index is 11.7. The largest absolute Gasteiger partial charge is 0.424 e. The summed E-state index contributed by atoms with van der Waals surface area (Å²) in [6.07, 6.45) is 1.61. The van der Waals surface area contributed by atoms with Gasteiger partial charge in [0.15, 0.2) is 0 Å². The van der Waals surface area contributed by atoms with Crippen LogP contribution in [-0.4, -0.2) is 37.7 Å². The Bertz CT molecular complexity index is 632. The number of alkyl carbamates (subject to hydrolysis) is 1. The first-order valence-electron chi connectivity index (χ1n) is 6.20. The number of hydrogen-bond donors (Lipinski definition) is 1. The quantitative estimate of drug-likeness (QED) is 0.496. The van der Waals surface area contributed by atoms with Crippen molar-refractivity contribution in [1.29, 1.82) is 0 Å². The molecule has 0 aromatic heterocycles. The minimum atomic E-state index is -0.721. The predicted molar refractivity (Wildman–Crippen MR) is 73.9 cm³/mol. The number of benzene rings is 1. The topological polar surface area (TPSA) is 102 Å². The van der Waals surface area contributed by atoms with E-state index in [4.69, 9.17) is 4.74 Å². The lowest BCUT2D eigenvalue weighted by molar-refractivity contribution is -0.120. The van der Waals surface area contributed by atoms with Gasteiger partial charge in [-0.1, -0.05) is 0 Å². The Kier molecular flexibility index (Phi) is 4.52. The van der Waals surface area contributed by atoms with Gasteiger partial charge in [-0.2, -0.15) is 0 Å². The lowest BCUT2D eigenvalue weighted by Gasteiger charge is -2.13. The van der Waals surface area contributed by atoms with Gasteiger partial charge in [0.2, 0.25) is 6.79 Å². The highest BCUT2D eigenvalue weighted by atomic mass is 16.7. The number of esters is 1. The normalized spacial score (nSPS) is 13.2. The monoisotopic (exact) mass is 304 g/mol. The third-order valence-corrected chi connectivity index (χ3v) is 2.75. The van der Waals surface area contributed by atoms with Crippen molar-refractivity contribution in [1.82, 2.24) is 5.32 Å². The molecule has 1 aromatic carbocycles. The highest BCUT2D eigenvalue weighted by Crippen LogP contribution is 2.19. The number of imide groups is 1. The molecule has 114 valence electrons. The zero-order chi connectivity index (χ0) is 16.1. The molecule has 0 aliphatic carbocycles. The molecule has 1 aliphatic heterocycles. The van der Waals surface area contributed by atoms with Crippen LogP contribution in [0, 0.1) is 0 Å². The summed E-state index contributed by atoms with van der Waals surface area (Å²) < 4.78 is 9.24. The SMILES string of the molecule is CNC(=O)OCOC(=O)c1ccc(N2C(=O)C=CC2=O)cc1. The summed E-state index contributed by atoms with van der Waals surface area (Å²) in [7, 11) is 1.37. The summed E-state index contributed by atoms with van der Waals surface area (Å²) >= 11 is 0. The number of nitrogens with one attached hydrogen (secondary N) is 1. The van der Waals surface area contributed by atoms with E-state index in [1.807, 2.05) is 0 Å². The van der Waals surface area contributed by atoms with E-state index >= 15 is 0 Å². The Morgan fingerprint density at radius 1 is 1.05 bits per heavy atom. The first-order chi connectivity index (χ1) is 10.5. The van der Waals surface area contributed by atoms with Gasteiger partial charge in [0.25, 0.3) is 11.8 Å². The fourth-order valence-electron chi connectivity index (χ4n) is 1.69. The van der Waals surface area contributed by atoms with E-state index in [0.29, 0.717) is 5.69 Å². The van der Waals surface area contributed by atoms with Crippen molar-refractivity contribution >= 4 is 29.6 Å². The van der Waals surface area contributed by atoms with Crippen molar-refractivity contribution < 1.29 is 28.7 Å². The molecule has 22 heavy (non-hydrogen) atoms. The van der Waals surface area contributed by atoms with Gasteiger partial charge < -0.3 is 14.8 Å². The van der Waals surface area contributed by atoms with Crippen LogP contribution in [0.3, 0.4) is 0 Å². The molecule has 1 aliphatic rings. The first-order valence-corrected chi connectivity index (χ1v) is 6.20. The highest BCUT2D eigenvalue weighted by molar-refractivity contribution is 6.28. The fraction of sp³-hybridized carbons (Fsp3) is 0.143. The summed E-state index contributed by atoms with van der Waals surface area (Å²) in [5.74, 6) is -1.59. The van der Waals surface area contributed by atoms with Crippen molar-refractivity contribution in [3.05, 3.63) is 42.0 Å². The maximum Gasteiger partial charge on any atom is 0.409 e. The Hall–Kier alpha value is -3.16. The molecule has 0 atom stereocenters. The molecule has 0 unspecified atom stereocenters. The number of anilines is 1. The van der Waals surface area contributed by atoms with Gasteiger partial charge >= 0.3 is 12.1 Å². The molecule has 0 bridgehead atoms. The Balaban J connectivity index is 1.97. The molecule has 0 saturated carbocycles. The first kappa shape index (κ1) is 15.2. The van der Waals surface area contributed by atoms with Gasteiger partial charge in [-0.25, -0.2) is 14.5 Å². The Morgan fingerprint density at radius 3 is 2.18 bits per heavy atom. The lowest BCUT2D eigenvalue weighted by atomic mass is 10.2. The number of carbonyl (C=O) groups excluding carboxylic acids is 4. The van der Waals surface area contributed by atoms with Crippen LogP contribution in [0.1, 0.15) is 10.4 Å². The van der Waals surface area contributed by atoms with Gasteiger partial charge in [0.05, 0.1) is 11.3 Å². The Labute approximate surface area is 125 Å². The van der Waals surface area contributed by atoms with Gasteiger partial charge in [-0.15, -0.1) is 0 Å². The van der Waals surface area contributed by atoms with E-state index in [2.05, 4.69) is 10.1 Å². The van der Waals surface area contributed by atoms with E-state index < -0.39 is 30.7 Å². The summed E-state index contributed by atoms with van der Waals surface area (Å²) in [6.45, 7) is -0.521.